The van der Waals surface area contributed by atoms with Gasteiger partial charge in [0.25, 0.3) is 0 Å². The smallest absolute Gasteiger partial charge is 0.0547 e. The predicted molar refractivity (Wildman–Crippen MR) is 347 cm³/mol. The van der Waals surface area contributed by atoms with Crippen molar-refractivity contribution in [1.82, 2.24) is 9.13 Å². The van der Waals surface area contributed by atoms with Gasteiger partial charge in [0.1, 0.15) is 0 Å². The SMILES string of the molecule is CC1(C)c2cc(-c3ccc4c5ccccc5n(-c5ccccc5)c4c3)ccc2-c2ccc(N(c3ccc(-c4ccc(-c5ccc6c(c5)c5ccccc5n6-c5ccccc5)cc4)cc3)c3ccc(-c4cccc5ccccc45)cc3)cc21. The molecule has 0 saturated heterocycles. The van der Waals surface area contributed by atoms with Crippen molar-refractivity contribution in [2.75, 3.05) is 4.90 Å². The van der Waals surface area contributed by atoms with Gasteiger partial charge in [-0.3, -0.25) is 0 Å². The van der Waals surface area contributed by atoms with E-state index in [9.17, 15) is 0 Å². The van der Waals surface area contributed by atoms with E-state index in [2.05, 4.69) is 325 Å². The normalized spacial score (nSPS) is 12.6. The second-order valence-corrected chi connectivity index (χ2v) is 22.5. The lowest BCUT2D eigenvalue weighted by Crippen LogP contribution is -2.16. The standard InChI is InChI=1S/C79H55N3/c1-79(2)73-49-58(59-37-45-71-69-23-11-13-26-75(69)82(78(71)50-59)61-20-7-4-8-21-61)36-44-67(73)68-46-43-64(51-74(68)79)80(63-41-34-56(35-42-63)66-25-15-17-55-16-9-10-22-65(55)66)62-39-32-53(33-40-62)52-28-30-54(31-29-52)57-38-47-77-72(48-57)70-24-12-14-27-76(70)81(77)60-18-5-3-6-19-60/h3-51H,1-2H3. The van der Waals surface area contributed by atoms with Gasteiger partial charge in [-0.1, -0.05) is 214 Å². The molecule has 15 aromatic rings. The third-order valence-corrected chi connectivity index (χ3v) is 17.5. The molecule has 16 rings (SSSR count). The van der Waals surface area contributed by atoms with Gasteiger partial charge in [0.2, 0.25) is 0 Å². The fourth-order valence-corrected chi connectivity index (χ4v) is 13.4. The minimum absolute atomic E-state index is 0.258. The number of hydrogen-bond acceptors (Lipinski definition) is 1. The van der Waals surface area contributed by atoms with Crippen molar-refractivity contribution in [3.63, 3.8) is 0 Å². The van der Waals surface area contributed by atoms with E-state index in [-0.39, 0.29) is 5.41 Å². The maximum absolute atomic E-state index is 2.45. The van der Waals surface area contributed by atoms with Gasteiger partial charge in [-0.05, 0) is 175 Å². The monoisotopic (exact) mass is 1050 g/mol. The van der Waals surface area contributed by atoms with Crippen LogP contribution in [0.15, 0.2) is 297 Å². The molecule has 13 aromatic carbocycles. The highest BCUT2D eigenvalue weighted by atomic mass is 15.1. The molecule has 0 fully saturated rings. The van der Waals surface area contributed by atoms with Crippen molar-refractivity contribution in [2.45, 2.75) is 19.3 Å². The molecule has 1 aliphatic rings. The molecule has 0 spiro atoms. The zero-order chi connectivity index (χ0) is 54.5. The molecular formula is C79H55N3. The Kier molecular flexibility index (Phi) is 10.9. The van der Waals surface area contributed by atoms with Crippen molar-refractivity contribution < 1.29 is 0 Å². The van der Waals surface area contributed by atoms with Crippen LogP contribution in [0.25, 0.3) is 121 Å². The highest BCUT2D eigenvalue weighted by Gasteiger charge is 2.36. The number of fused-ring (bicyclic) bond motifs is 10. The summed E-state index contributed by atoms with van der Waals surface area (Å²) in [6.07, 6.45) is 0. The zero-order valence-corrected chi connectivity index (χ0v) is 45.6. The Bertz CT molecular complexity index is 4960. The molecule has 0 saturated carbocycles. The first-order chi connectivity index (χ1) is 40.4. The number of hydrogen-bond donors (Lipinski definition) is 0. The maximum Gasteiger partial charge on any atom is 0.0547 e. The first kappa shape index (κ1) is 47.5. The van der Waals surface area contributed by atoms with Crippen LogP contribution in [0.3, 0.4) is 0 Å². The van der Waals surface area contributed by atoms with Crippen molar-refractivity contribution in [3.05, 3.63) is 308 Å². The number of nitrogens with zero attached hydrogens (tertiary/aromatic N) is 3. The van der Waals surface area contributed by atoms with Crippen LogP contribution in [0, 0.1) is 0 Å². The van der Waals surface area contributed by atoms with Crippen LogP contribution in [0.1, 0.15) is 25.0 Å². The first-order valence-corrected chi connectivity index (χ1v) is 28.5. The largest absolute Gasteiger partial charge is 0.310 e. The van der Waals surface area contributed by atoms with Crippen LogP contribution >= 0.6 is 0 Å². The number of para-hydroxylation sites is 4. The molecule has 2 aromatic heterocycles. The molecule has 1 aliphatic carbocycles. The van der Waals surface area contributed by atoms with Gasteiger partial charge in [0.15, 0.2) is 0 Å². The summed E-state index contributed by atoms with van der Waals surface area (Å²) in [6.45, 7) is 4.79. The summed E-state index contributed by atoms with van der Waals surface area (Å²) < 4.78 is 4.78. The molecule has 3 nitrogen and oxygen atoms in total. The van der Waals surface area contributed by atoms with Crippen molar-refractivity contribution in [2.24, 2.45) is 0 Å². The van der Waals surface area contributed by atoms with Crippen molar-refractivity contribution in [3.8, 4) is 67.0 Å². The Hall–Kier alpha value is -10.5. The minimum atomic E-state index is -0.258. The number of benzene rings is 13. The summed E-state index contributed by atoms with van der Waals surface area (Å²) in [5.41, 5.74) is 25.1. The summed E-state index contributed by atoms with van der Waals surface area (Å²) in [4.78, 5) is 2.43. The molecule has 0 amide bonds. The Balaban J connectivity index is 0.746. The van der Waals surface area contributed by atoms with E-state index in [0.717, 1.165) is 17.1 Å². The average molecular weight is 1050 g/mol. The molecule has 0 atom stereocenters. The lowest BCUT2D eigenvalue weighted by atomic mass is 9.81. The van der Waals surface area contributed by atoms with E-state index in [1.807, 2.05) is 0 Å². The fourth-order valence-electron chi connectivity index (χ4n) is 13.4. The van der Waals surface area contributed by atoms with E-state index >= 15 is 0 Å². The second kappa shape index (κ2) is 18.8. The minimum Gasteiger partial charge on any atom is -0.310 e. The molecular weight excluding hydrogens is 991 g/mol. The van der Waals surface area contributed by atoms with E-state index < -0.39 is 0 Å². The summed E-state index contributed by atoms with van der Waals surface area (Å²) in [5.74, 6) is 0. The fraction of sp³-hybridized carbons (Fsp3) is 0.0380. The third-order valence-electron chi connectivity index (χ3n) is 17.5. The lowest BCUT2D eigenvalue weighted by molar-refractivity contribution is 0.660. The van der Waals surface area contributed by atoms with Gasteiger partial charge in [-0.25, -0.2) is 0 Å². The topological polar surface area (TPSA) is 13.1 Å². The lowest BCUT2D eigenvalue weighted by Gasteiger charge is -2.28. The van der Waals surface area contributed by atoms with E-state index in [1.165, 1.54) is 133 Å². The van der Waals surface area contributed by atoms with Gasteiger partial charge in [-0.15, -0.1) is 0 Å². The quantitative estimate of drug-likeness (QED) is 0.140. The molecule has 3 heteroatoms. The highest BCUT2D eigenvalue weighted by Crippen LogP contribution is 2.52. The van der Waals surface area contributed by atoms with Crippen LogP contribution in [0.4, 0.5) is 17.1 Å². The van der Waals surface area contributed by atoms with Crippen LogP contribution in [0.5, 0.6) is 0 Å². The molecule has 0 radical (unpaired) electrons. The zero-order valence-electron chi connectivity index (χ0n) is 45.6. The summed E-state index contributed by atoms with van der Waals surface area (Å²) in [5, 5.41) is 7.53. The van der Waals surface area contributed by atoms with E-state index in [4.69, 9.17) is 0 Å². The summed E-state index contributed by atoms with van der Waals surface area (Å²) in [6, 6.07) is 110. The molecule has 0 unspecified atom stereocenters. The van der Waals surface area contributed by atoms with Gasteiger partial charge in [0.05, 0.1) is 22.1 Å². The second-order valence-electron chi connectivity index (χ2n) is 22.5. The average Bonchev–Trinajstić information content (AvgIpc) is 4.14. The molecule has 2 heterocycles. The third kappa shape index (κ3) is 7.65. The van der Waals surface area contributed by atoms with Crippen LogP contribution in [-0.2, 0) is 5.41 Å². The molecule has 0 aliphatic heterocycles. The number of aromatic nitrogens is 2. The van der Waals surface area contributed by atoms with Gasteiger partial charge in [0, 0.05) is 55.4 Å². The molecule has 0 bridgehead atoms. The molecule has 386 valence electrons. The molecule has 0 N–H and O–H groups in total. The van der Waals surface area contributed by atoms with Crippen molar-refractivity contribution in [1.29, 1.82) is 0 Å². The van der Waals surface area contributed by atoms with Crippen LogP contribution < -0.4 is 4.90 Å². The van der Waals surface area contributed by atoms with Gasteiger partial charge >= 0.3 is 0 Å². The predicted octanol–water partition coefficient (Wildman–Crippen LogP) is 21.5. The maximum atomic E-state index is 2.45. The Labute approximate surface area is 477 Å². The Morgan fingerprint density at radius 3 is 1.35 bits per heavy atom. The molecule has 82 heavy (non-hydrogen) atoms. The summed E-state index contributed by atoms with van der Waals surface area (Å²) >= 11 is 0. The van der Waals surface area contributed by atoms with Crippen molar-refractivity contribution >= 4 is 71.4 Å². The Morgan fingerprint density at radius 1 is 0.256 bits per heavy atom. The van der Waals surface area contributed by atoms with Gasteiger partial charge in [-0.2, -0.15) is 0 Å². The first-order valence-electron chi connectivity index (χ1n) is 28.5. The van der Waals surface area contributed by atoms with E-state index in [1.54, 1.807) is 0 Å². The van der Waals surface area contributed by atoms with E-state index in [0.29, 0.717) is 0 Å². The Morgan fingerprint density at radius 2 is 0.683 bits per heavy atom. The summed E-state index contributed by atoms with van der Waals surface area (Å²) in [7, 11) is 0. The highest BCUT2D eigenvalue weighted by molar-refractivity contribution is 6.12. The number of anilines is 3. The van der Waals surface area contributed by atoms with Crippen LogP contribution in [-0.4, -0.2) is 9.13 Å². The van der Waals surface area contributed by atoms with Gasteiger partial charge < -0.3 is 14.0 Å². The number of rotatable bonds is 9. The van der Waals surface area contributed by atoms with Crippen LogP contribution in [0.2, 0.25) is 0 Å².